The Balaban J connectivity index is 2.15. The van der Waals surface area contributed by atoms with Crippen LogP contribution >= 0.6 is 24.4 Å². The van der Waals surface area contributed by atoms with E-state index in [1.807, 2.05) is 0 Å². The second-order valence-electron chi connectivity index (χ2n) is 3.96. The highest BCUT2D eigenvalue weighted by molar-refractivity contribution is 7.78. The van der Waals surface area contributed by atoms with E-state index in [1.54, 1.807) is 48.5 Å². The van der Waals surface area contributed by atoms with Crippen LogP contribution in [0.5, 0.6) is 0 Å². The zero-order chi connectivity index (χ0) is 15.1. The number of amides is 1. The van der Waals surface area contributed by atoms with Crippen molar-refractivity contribution in [3.63, 3.8) is 0 Å². The molecule has 0 fully saturated rings. The molecule has 0 aliphatic carbocycles. The number of carbonyl (C=O) groups is 1. The Morgan fingerprint density at radius 1 is 0.952 bits per heavy atom. The van der Waals surface area contributed by atoms with E-state index in [1.165, 1.54) is 0 Å². The first kappa shape index (κ1) is 14.9. The fourth-order valence-electron chi connectivity index (χ4n) is 1.64. The molecule has 0 saturated heterocycles. The molecule has 21 heavy (non-hydrogen) atoms. The average molecular weight is 311 g/mol. The second-order valence-corrected chi connectivity index (χ2v) is 4.32. The number of hydrogen-bond acceptors (Lipinski definition) is 5. The summed E-state index contributed by atoms with van der Waals surface area (Å²) in [7, 11) is 0. The van der Waals surface area contributed by atoms with Gasteiger partial charge in [0.15, 0.2) is 0 Å². The van der Waals surface area contributed by atoms with Crippen LogP contribution in [0.3, 0.4) is 0 Å². The minimum absolute atomic E-state index is 0.234. The first-order valence-corrected chi connectivity index (χ1v) is 6.72. The maximum absolute atomic E-state index is 12.1. The summed E-state index contributed by atoms with van der Waals surface area (Å²) in [6, 6.07) is 13.8. The van der Waals surface area contributed by atoms with Crippen molar-refractivity contribution in [1.82, 2.24) is 0 Å². The van der Waals surface area contributed by atoms with E-state index in [-0.39, 0.29) is 5.91 Å². The van der Waals surface area contributed by atoms with Crippen LogP contribution in [-0.4, -0.2) is 16.2 Å². The number of isothiocyanates is 2. The van der Waals surface area contributed by atoms with Crippen LogP contribution in [0.25, 0.3) is 0 Å². The molecule has 4 nitrogen and oxygen atoms in total. The van der Waals surface area contributed by atoms with Crippen LogP contribution in [0.4, 0.5) is 17.1 Å². The summed E-state index contributed by atoms with van der Waals surface area (Å²) in [5.41, 5.74) is 2.41. The van der Waals surface area contributed by atoms with Crippen LogP contribution < -0.4 is 5.32 Å². The smallest absolute Gasteiger partial charge is 0.255 e. The number of aliphatic imine (C=N–C) groups is 2. The van der Waals surface area contributed by atoms with Gasteiger partial charge in [-0.2, -0.15) is 9.98 Å². The van der Waals surface area contributed by atoms with Crippen molar-refractivity contribution in [2.24, 2.45) is 9.98 Å². The molecular weight excluding hydrogens is 302 g/mol. The molecule has 0 saturated carbocycles. The Hall–Kier alpha value is -2.49. The van der Waals surface area contributed by atoms with Crippen LogP contribution in [0.15, 0.2) is 58.5 Å². The molecule has 0 heterocycles. The predicted molar refractivity (Wildman–Crippen MR) is 90.2 cm³/mol. The Labute approximate surface area is 132 Å². The van der Waals surface area contributed by atoms with Gasteiger partial charge in [0.2, 0.25) is 0 Å². The number of hydrogen-bond donors (Lipinski definition) is 1. The molecule has 0 unspecified atom stereocenters. The quantitative estimate of drug-likeness (QED) is 0.672. The maximum Gasteiger partial charge on any atom is 0.255 e. The molecule has 6 heteroatoms. The molecule has 2 rings (SSSR count). The van der Waals surface area contributed by atoms with Gasteiger partial charge in [-0.15, -0.1) is 0 Å². The lowest BCUT2D eigenvalue weighted by molar-refractivity contribution is 0.102. The summed E-state index contributed by atoms with van der Waals surface area (Å²) in [6.45, 7) is 0. The van der Waals surface area contributed by atoms with Crippen molar-refractivity contribution in [2.45, 2.75) is 0 Å². The fourth-order valence-corrected chi connectivity index (χ4v) is 1.86. The van der Waals surface area contributed by atoms with Crippen molar-refractivity contribution in [3.05, 3.63) is 54.1 Å². The van der Waals surface area contributed by atoms with E-state index in [0.717, 1.165) is 0 Å². The molecule has 0 aliphatic rings. The van der Waals surface area contributed by atoms with Crippen molar-refractivity contribution in [3.8, 4) is 0 Å². The monoisotopic (exact) mass is 311 g/mol. The summed E-state index contributed by atoms with van der Waals surface area (Å²) >= 11 is 9.07. The van der Waals surface area contributed by atoms with Crippen molar-refractivity contribution >= 4 is 57.7 Å². The van der Waals surface area contributed by atoms with E-state index in [4.69, 9.17) is 0 Å². The highest BCUT2D eigenvalue weighted by atomic mass is 32.1. The van der Waals surface area contributed by atoms with Gasteiger partial charge in [-0.25, -0.2) is 0 Å². The summed E-state index contributed by atoms with van der Waals surface area (Å²) in [5.74, 6) is -0.234. The standard InChI is InChI=1S/C15H9N3OS2/c19-15(11-2-1-3-14(8-11)17-10-21)18-13-6-4-12(5-7-13)16-9-20/h1-8H,(H,18,19). The number of thiocarbonyl (C=S) groups is 2. The van der Waals surface area contributed by atoms with Gasteiger partial charge in [0.05, 0.1) is 21.7 Å². The lowest BCUT2D eigenvalue weighted by Crippen LogP contribution is -2.11. The number of anilines is 1. The van der Waals surface area contributed by atoms with Crippen LogP contribution in [-0.2, 0) is 0 Å². The van der Waals surface area contributed by atoms with E-state index in [9.17, 15) is 4.79 Å². The minimum atomic E-state index is -0.234. The highest BCUT2D eigenvalue weighted by Crippen LogP contribution is 2.18. The van der Waals surface area contributed by atoms with Crippen molar-refractivity contribution in [2.75, 3.05) is 5.32 Å². The lowest BCUT2D eigenvalue weighted by Gasteiger charge is -2.05. The van der Waals surface area contributed by atoms with E-state index in [0.29, 0.717) is 22.6 Å². The number of carbonyl (C=O) groups excluding carboxylic acids is 1. The molecule has 0 aliphatic heterocycles. The first-order chi connectivity index (χ1) is 10.2. The van der Waals surface area contributed by atoms with Gasteiger partial charge in [0, 0.05) is 11.3 Å². The van der Waals surface area contributed by atoms with E-state index in [2.05, 4.69) is 50.1 Å². The normalized spacial score (nSPS) is 9.14. The average Bonchev–Trinajstić information content (AvgIpc) is 2.50. The number of nitrogens with one attached hydrogen (secondary N) is 1. The highest BCUT2D eigenvalue weighted by Gasteiger charge is 2.06. The predicted octanol–water partition coefficient (Wildman–Crippen LogP) is 4.41. The van der Waals surface area contributed by atoms with Gasteiger partial charge < -0.3 is 5.32 Å². The van der Waals surface area contributed by atoms with Crippen molar-refractivity contribution < 1.29 is 4.79 Å². The molecule has 2 aromatic rings. The third kappa shape index (κ3) is 4.24. The third-order valence-electron chi connectivity index (χ3n) is 2.58. The fraction of sp³-hybridized carbons (Fsp3) is 0. The van der Waals surface area contributed by atoms with Crippen molar-refractivity contribution in [1.29, 1.82) is 0 Å². The van der Waals surface area contributed by atoms with Crippen LogP contribution in [0, 0.1) is 0 Å². The van der Waals surface area contributed by atoms with Gasteiger partial charge in [0.25, 0.3) is 5.91 Å². The zero-order valence-corrected chi connectivity index (χ0v) is 12.4. The topological polar surface area (TPSA) is 53.8 Å². The van der Waals surface area contributed by atoms with Gasteiger partial charge in [-0.3, -0.25) is 4.79 Å². The summed E-state index contributed by atoms with van der Waals surface area (Å²) < 4.78 is 0. The molecule has 0 spiro atoms. The molecule has 1 N–H and O–H groups in total. The maximum atomic E-state index is 12.1. The Bertz CT molecular complexity index is 759. The van der Waals surface area contributed by atoms with Gasteiger partial charge >= 0.3 is 0 Å². The Morgan fingerprint density at radius 2 is 1.62 bits per heavy atom. The first-order valence-electron chi connectivity index (χ1n) is 5.90. The number of nitrogens with zero attached hydrogens (tertiary/aromatic N) is 2. The molecule has 0 radical (unpaired) electrons. The Kier molecular flexibility index (Phi) is 5.21. The van der Waals surface area contributed by atoms with Gasteiger partial charge in [-0.1, -0.05) is 6.07 Å². The molecule has 0 aromatic heterocycles. The van der Waals surface area contributed by atoms with Gasteiger partial charge in [0.1, 0.15) is 0 Å². The molecular formula is C15H9N3OS2. The SMILES string of the molecule is O=C(Nc1ccc(N=C=S)cc1)c1cccc(N=C=S)c1. The largest absolute Gasteiger partial charge is 0.322 e. The van der Waals surface area contributed by atoms with Gasteiger partial charge in [-0.05, 0) is 66.9 Å². The summed E-state index contributed by atoms with van der Waals surface area (Å²) in [6.07, 6.45) is 0. The number of benzene rings is 2. The van der Waals surface area contributed by atoms with E-state index < -0.39 is 0 Å². The summed E-state index contributed by atoms with van der Waals surface area (Å²) in [4.78, 5) is 19.8. The van der Waals surface area contributed by atoms with Crippen LogP contribution in [0.2, 0.25) is 0 Å². The minimum Gasteiger partial charge on any atom is -0.322 e. The molecule has 102 valence electrons. The summed E-state index contributed by atoms with van der Waals surface area (Å²) in [5, 5.41) is 7.34. The zero-order valence-electron chi connectivity index (χ0n) is 10.7. The Morgan fingerprint density at radius 3 is 2.29 bits per heavy atom. The third-order valence-corrected chi connectivity index (χ3v) is 2.77. The van der Waals surface area contributed by atoms with Crippen LogP contribution in [0.1, 0.15) is 10.4 Å². The number of rotatable bonds is 4. The molecule has 0 atom stereocenters. The lowest BCUT2D eigenvalue weighted by atomic mass is 10.2. The molecule has 0 bridgehead atoms. The van der Waals surface area contributed by atoms with E-state index >= 15 is 0 Å². The molecule has 1 amide bonds. The molecule has 2 aromatic carbocycles. The second kappa shape index (κ2) is 7.33.